The third-order valence-corrected chi connectivity index (χ3v) is 3.94. The highest BCUT2D eigenvalue weighted by Crippen LogP contribution is 2.17. The Morgan fingerprint density at radius 1 is 1.14 bits per heavy atom. The zero-order valence-electron chi connectivity index (χ0n) is 16.5. The number of anilines is 1. The molecule has 2 N–H and O–H groups in total. The molecule has 0 spiro atoms. The second-order valence-corrected chi connectivity index (χ2v) is 6.20. The first-order valence-electron chi connectivity index (χ1n) is 9.08. The van der Waals surface area contributed by atoms with Gasteiger partial charge in [-0.05, 0) is 50.6 Å². The molecule has 2 aromatic carbocycles. The van der Waals surface area contributed by atoms with E-state index in [4.69, 9.17) is 9.47 Å². The van der Waals surface area contributed by atoms with Crippen LogP contribution in [0.4, 0.5) is 10.1 Å². The average molecular weight is 402 g/mol. The first kappa shape index (κ1) is 21.9. The summed E-state index contributed by atoms with van der Waals surface area (Å²) in [4.78, 5) is 36.3. The quantitative estimate of drug-likeness (QED) is 0.663. The van der Waals surface area contributed by atoms with E-state index in [0.717, 1.165) is 0 Å². The van der Waals surface area contributed by atoms with Crippen LogP contribution in [0.1, 0.15) is 29.8 Å². The molecule has 0 aromatic heterocycles. The van der Waals surface area contributed by atoms with E-state index in [1.807, 2.05) is 0 Å². The summed E-state index contributed by atoms with van der Waals surface area (Å²) in [7, 11) is 0. The van der Waals surface area contributed by atoms with Crippen molar-refractivity contribution in [3.63, 3.8) is 0 Å². The maximum Gasteiger partial charge on any atom is 0.326 e. The molecule has 0 saturated heterocycles. The van der Waals surface area contributed by atoms with Gasteiger partial charge >= 0.3 is 5.97 Å². The standard InChI is InChI=1S/C21H23FN2O5/c1-4-28-18-8-6-5-7-16(18)21(27)23-12-19(25)29-14(3)20(26)24-15-10-9-13(2)17(22)11-15/h5-11,14H,4,12H2,1-3H3,(H,23,27)(H,24,26). The van der Waals surface area contributed by atoms with E-state index in [1.165, 1.54) is 19.1 Å². The zero-order chi connectivity index (χ0) is 21.4. The molecule has 154 valence electrons. The summed E-state index contributed by atoms with van der Waals surface area (Å²) in [5, 5.41) is 4.90. The SMILES string of the molecule is CCOc1ccccc1C(=O)NCC(=O)OC(C)C(=O)Nc1ccc(C)c(F)c1. The van der Waals surface area contributed by atoms with Crippen molar-refractivity contribution < 1.29 is 28.2 Å². The Hall–Kier alpha value is -3.42. The Bertz CT molecular complexity index is 900. The number of ether oxygens (including phenoxy) is 2. The van der Waals surface area contributed by atoms with E-state index in [9.17, 15) is 18.8 Å². The normalized spacial score (nSPS) is 11.3. The first-order valence-corrected chi connectivity index (χ1v) is 9.08. The van der Waals surface area contributed by atoms with Crippen molar-refractivity contribution in [3.05, 3.63) is 59.4 Å². The van der Waals surface area contributed by atoms with Crippen LogP contribution in [-0.2, 0) is 14.3 Å². The topological polar surface area (TPSA) is 93.7 Å². The molecule has 8 heteroatoms. The van der Waals surface area contributed by atoms with Crippen molar-refractivity contribution in [1.82, 2.24) is 5.32 Å². The molecule has 0 fully saturated rings. The fourth-order valence-electron chi connectivity index (χ4n) is 2.39. The minimum absolute atomic E-state index is 0.252. The van der Waals surface area contributed by atoms with Crippen LogP contribution in [0, 0.1) is 12.7 Å². The number of carbonyl (C=O) groups is 3. The number of para-hydroxylation sites is 1. The fourth-order valence-corrected chi connectivity index (χ4v) is 2.39. The van der Waals surface area contributed by atoms with Gasteiger partial charge in [-0.2, -0.15) is 0 Å². The molecule has 0 radical (unpaired) electrons. The van der Waals surface area contributed by atoms with Crippen LogP contribution in [0.3, 0.4) is 0 Å². The predicted molar refractivity (Wildman–Crippen MR) is 105 cm³/mol. The lowest BCUT2D eigenvalue weighted by Crippen LogP contribution is -2.36. The molecule has 0 aliphatic heterocycles. The van der Waals surface area contributed by atoms with Gasteiger partial charge in [-0.3, -0.25) is 14.4 Å². The lowest BCUT2D eigenvalue weighted by Gasteiger charge is -2.14. The number of rotatable bonds is 8. The lowest BCUT2D eigenvalue weighted by atomic mass is 10.2. The number of hydrogen-bond donors (Lipinski definition) is 2. The Kier molecular flexibility index (Phi) is 7.70. The molecule has 0 aliphatic carbocycles. The van der Waals surface area contributed by atoms with Gasteiger partial charge in [0.15, 0.2) is 6.10 Å². The van der Waals surface area contributed by atoms with Crippen molar-refractivity contribution in [2.24, 2.45) is 0 Å². The fraction of sp³-hybridized carbons (Fsp3) is 0.286. The third-order valence-electron chi connectivity index (χ3n) is 3.94. The number of benzene rings is 2. The van der Waals surface area contributed by atoms with E-state index in [0.29, 0.717) is 17.9 Å². The van der Waals surface area contributed by atoms with Crippen molar-refractivity contribution >= 4 is 23.5 Å². The highest BCUT2D eigenvalue weighted by atomic mass is 19.1. The van der Waals surface area contributed by atoms with Crippen LogP contribution in [-0.4, -0.2) is 37.0 Å². The maximum absolute atomic E-state index is 13.5. The molecule has 7 nitrogen and oxygen atoms in total. The van der Waals surface area contributed by atoms with Crippen molar-refractivity contribution in [2.75, 3.05) is 18.5 Å². The van der Waals surface area contributed by atoms with Crippen molar-refractivity contribution in [3.8, 4) is 5.75 Å². The van der Waals surface area contributed by atoms with Gasteiger partial charge in [-0.15, -0.1) is 0 Å². The largest absolute Gasteiger partial charge is 0.493 e. The zero-order valence-corrected chi connectivity index (χ0v) is 16.5. The van der Waals surface area contributed by atoms with E-state index >= 15 is 0 Å². The molecule has 1 atom stereocenters. The summed E-state index contributed by atoms with van der Waals surface area (Å²) in [5.74, 6) is -1.96. The number of esters is 1. The Morgan fingerprint density at radius 2 is 1.86 bits per heavy atom. The summed E-state index contributed by atoms with van der Waals surface area (Å²) in [6.07, 6.45) is -1.13. The highest BCUT2D eigenvalue weighted by Gasteiger charge is 2.19. The molecule has 2 aromatic rings. The van der Waals surface area contributed by atoms with E-state index < -0.39 is 36.2 Å². The molecular weight excluding hydrogens is 379 g/mol. The van der Waals surface area contributed by atoms with Gasteiger partial charge in [0.1, 0.15) is 18.1 Å². The summed E-state index contributed by atoms with van der Waals surface area (Å²) >= 11 is 0. The van der Waals surface area contributed by atoms with Gasteiger partial charge in [0.2, 0.25) is 0 Å². The molecular formula is C21H23FN2O5. The van der Waals surface area contributed by atoms with Gasteiger partial charge in [0, 0.05) is 5.69 Å². The summed E-state index contributed by atoms with van der Waals surface area (Å²) in [5.41, 5.74) is 0.986. The molecule has 0 heterocycles. The van der Waals surface area contributed by atoms with Crippen molar-refractivity contribution in [1.29, 1.82) is 0 Å². The van der Waals surface area contributed by atoms with Gasteiger partial charge in [0.25, 0.3) is 11.8 Å². The van der Waals surface area contributed by atoms with Gasteiger partial charge < -0.3 is 20.1 Å². The molecule has 0 aliphatic rings. The lowest BCUT2D eigenvalue weighted by molar-refractivity contribution is -0.152. The van der Waals surface area contributed by atoms with Crippen molar-refractivity contribution in [2.45, 2.75) is 26.9 Å². The number of hydrogen-bond acceptors (Lipinski definition) is 5. The van der Waals surface area contributed by atoms with Crippen LogP contribution in [0.5, 0.6) is 5.75 Å². The number of carbonyl (C=O) groups excluding carboxylic acids is 3. The van der Waals surface area contributed by atoms with Crippen LogP contribution >= 0.6 is 0 Å². The maximum atomic E-state index is 13.5. The highest BCUT2D eigenvalue weighted by molar-refractivity contribution is 5.99. The molecule has 2 rings (SSSR count). The van der Waals surface area contributed by atoms with Crippen LogP contribution in [0.25, 0.3) is 0 Å². The number of nitrogens with one attached hydrogen (secondary N) is 2. The third kappa shape index (κ3) is 6.31. The van der Waals surface area contributed by atoms with E-state index in [-0.39, 0.29) is 11.3 Å². The van der Waals surface area contributed by atoms with Gasteiger partial charge in [-0.25, -0.2) is 4.39 Å². The van der Waals surface area contributed by atoms with Crippen LogP contribution in [0.2, 0.25) is 0 Å². The van der Waals surface area contributed by atoms with Gasteiger partial charge in [0.05, 0.1) is 12.2 Å². The molecule has 0 saturated carbocycles. The number of aryl methyl sites for hydroxylation is 1. The smallest absolute Gasteiger partial charge is 0.326 e. The number of halogens is 1. The van der Waals surface area contributed by atoms with Crippen LogP contribution in [0.15, 0.2) is 42.5 Å². The minimum atomic E-state index is -1.13. The first-order chi connectivity index (χ1) is 13.8. The molecule has 2 amide bonds. The molecule has 1 unspecified atom stereocenters. The number of amides is 2. The molecule has 0 bridgehead atoms. The van der Waals surface area contributed by atoms with Gasteiger partial charge in [-0.1, -0.05) is 18.2 Å². The molecule has 29 heavy (non-hydrogen) atoms. The minimum Gasteiger partial charge on any atom is -0.493 e. The average Bonchev–Trinajstić information content (AvgIpc) is 2.69. The summed E-state index contributed by atoms with van der Waals surface area (Å²) in [6, 6.07) is 10.9. The van der Waals surface area contributed by atoms with E-state index in [2.05, 4.69) is 10.6 Å². The second-order valence-electron chi connectivity index (χ2n) is 6.20. The Balaban J connectivity index is 1.85. The Morgan fingerprint density at radius 3 is 2.55 bits per heavy atom. The summed E-state index contributed by atoms with van der Waals surface area (Å²) < 4.78 is 23.9. The Labute approximate surface area is 168 Å². The second kappa shape index (κ2) is 10.2. The monoisotopic (exact) mass is 402 g/mol. The summed E-state index contributed by atoms with van der Waals surface area (Å²) in [6.45, 7) is 4.75. The van der Waals surface area contributed by atoms with E-state index in [1.54, 1.807) is 44.2 Å². The predicted octanol–water partition coefficient (Wildman–Crippen LogP) is 2.83. The van der Waals surface area contributed by atoms with Crippen LogP contribution < -0.4 is 15.4 Å².